The van der Waals surface area contributed by atoms with E-state index in [1.165, 1.54) is 4.31 Å². The summed E-state index contributed by atoms with van der Waals surface area (Å²) in [6.07, 6.45) is 1.56. The summed E-state index contributed by atoms with van der Waals surface area (Å²) in [5, 5.41) is 3.95. The Morgan fingerprint density at radius 3 is 2.70 bits per heavy atom. The average molecular weight is 390 g/mol. The van der Waals surface area contributed by atoms with Crippen molar-refractivity contribution < 1.29 is 22.7 Å². The number of para-hydroxylation sites is 1. The maximum Gasteiger partial charge on any atom is 0.243 e. The topological polar surface area (TPSA) is 77.4 Å². The summed E-state index contributed by atoms with van der Waals surface area (Å²) in [5.74, 6) is 0.698. The van der Waals surface area contributed by atoms with Crippen molar-refractivity contribution in [3.05, 3.63) is 59.7 Å². The summed E-state index contributed by atoms with van der Waals surface area (Å²) in [6.45, 7) is 1.73. The lowest BCUT2D eigenvalue weighted by atomic mass is 10.2. The fourth-order valence-electron chi connectivity index (χ4n) is 2.71. The first-order valence-electron chi connectivity index (χ1n) is 8.56. The van der Waals surface area contributed by atoms with E-state index >= 15 is 0 Å². The Hall–Kier alpha value is -2.42. The first kappa shape index (κ1) is 19.3. The molecule has 0 radical (unpaired) electrons. The van der Waals surface area contributed by atoms with Crippen LogP contribution in [0.1, 0.15) is 11.1 Å². The number of morpholine rings is 1. The van der Waals surface area contributed by atoms with E-state index in [1.54, 1.807) is 37.6 Å². The van der Waals surface area contributed by atoms with Crippen LogP contribution < -0.4 is 4.74 Å². The van der Waals surface area contributed by atoms with Crippen LogP contribution in [-0.4, -0.2) is 52.4 Å². The van der Waals surface area contributed by atoms with Gasteiger partial charge >= 0.3 is 0 Å². The molecule has 0 amide bonds. The van der Waals surface area contributed by atoms with E-state index in [0.29, 0.717) is 32.1 Å². The van der Waals surface area contributed by atoms with Gasteiger partial charge in [0.05, 0.1) is 31.4 Å². The first-order chi connectivity index (χ1) is 13.1. The van der Waals surface area contributed by atoms with Crippen molar-refractivity contribution in [2.45, 2.75) is 11.5 Å². The molecule has 0 spiro atoms. The lowest BCUT2D eigenvalue weighted by Crippen LogP contribution is -2.40. The number of hydrogen-bond donors (Lipinski definition) is 0. The zero-order chi connectivity index (χ0) is 19.1. The van der Waals surface area contributed by atoms with Gasteiger partial charge in [-0.25, -0.2) is 8.42 Å². The van der Waals surface area contributed by atoms with Gasteiger partial charge in [-0.05, 0) is 29.8 Å². The van der Waals surface area contributed by atoms with E-state index in [2.05, 4.69) is 5.16 Å². The largest absolute Gasteiger partial charge is 0.496 e. The highest BCUT2D eigenvalue weighted by molar-refractivity contribution is 7.89. The molecule has 0 unspecified atom stereocenters. The van der Waals surface area contributed by atoms with Crippen LogP contribution in [0.4, 0.5) is 0 Å². The molecule has 1 saturated heterocycles. The number of oxime groups is 1. The Morgan fingerprint density at radius 2 is 1.93 bits per heavy atom. The number of rotatable bonds is 7. The minimum absolute atomic E-state index is 0.165. The van der Waals surface area contributed by atoms with E-state index < -0.39 is 10.0 Å². The van der Waals surface area contributed by atoms with Gasteiger partial charge in [-0.3, -0.25) is 0 Å². The SMILES string of the molecule is COc1ccccc1/C=N\OCc1cccc(S(=O)(=O)N2CCOCC2)c1. The standard InChI is InChI=1S/C19H22N2O5S/c1-24-19-8-3-2-6-17(19)14-20-26-15-16-5-4-7-18(13-16)27(22,23)21-9-11-25-12-10-21/h2-8,13-14H,9-12,15H2,1H3/b20-14-. The molecule has 27 heavy (non-hydrogen) atoms. The average Bonchev–Trinajstić information content (AvgIpc) is 2.72. The molecule has 1 fully saturated rings. The lowest BCUT2D eigenvalue weighted by Gasteiger charge is -2.26. The molecule has 1 aliphatic heterocycles. The van der Waals surface area contributed by atoms with Gasteiger partial charge in [0.25, 0.3) is 0 Å². The molecule has 3 rings (SSSR count). The van der Waals surface area contributed by atoms with Gasteiger partial charge in [0, 0.05) is 18.7 Å². The molecule has 8 heteroatoms. The van der Waals surface area contributed by atoms with Crippen LogP contribution in [-0.2, 0) is 26.2 Å². The fraction of sp³-hybridized carbons (Fsp3) is 0.316. The molecule has 2 aromatic carbocycles. The molecule has 2 aromatic rings. The molecule has 144 valence electrons. The van der Waals surface area contributed by atoms with Crippen LogP contribution in [0.25, 0.3) is 0 Å². The zero-order valence-corrected chi connectivity index (χ0v) is 15.9. The number of hydrogen-bond acceptors (Lipinski definition) is 6. The predicted molar refractivity (Wildman–Crippen MR) is 101 cm³/mol. The van der Waals surface area contributed by atoms with E-state index in [0.717, 1.165) is 11.1 Å². The molecule has 1 aliphatic rings. The molecule has 0 atom stereocenters. The van der Waals surface area contributed by atoms with Crippen molar-refractivity contribution in [1.82, 2.24) is 4.31 Å². The van der Waals surface area contributed by atoms with Crippen molar-refractivity contribution in [2.24, 2.45) is 5.16 Å². The highest BCUT2D eigenvalue weighted by Crippen LogP contribution is 2.19. The highest BCUT2D eigenvalue weighted by atomic mass is 32.2. The predicted octanol–water partition coefficient (Wildman–Crippen LogP) is 2.27. The van der Waals surface area contributed by atoms with E-state index in [9.17, 15) is 8.42 Å². The molecule has 1 heterocycles. The summed E-state index contributed by atoms with van der Waals surface area (Å²) in [5.41, 5.74) is 1.52. The summed E-state index contributed by atoms with van der Waals surface area (Å²) in [4.78, 5) is 5.57. The van der Waals surface area contributed by atoms with Gasteiger partial charge < -0.3 is 14.3 Å². The third kappa shape index (κ3) is 4.85. The van der Waals surface area contributed by atoms with Crippen molar-refractivity contribution in [1.29, 1.82) is 0 Å². The van der Waals surface area contributed by atoms with Crippen molar-refractivity contribution in [2.75, 3.05) is 33.4 Å². The number of nitrogens with zero attached hydrogens (tertiary/aromatic N) is 2. The quantitative estimate of drug-likeness (QED) is 0.535. The van der Waals surface area contributed by atoms with Crippen LogP contribution in [0.5, 0.6) is 5.75 Å². The summed E-state index contributed by atoms with van der Waals surface area (Å²) < 4.78 is 37.3. The van der Waals surface area contributed by atoms with Gasteiger partial charge in [-0.2, -0.15) is 4.31 Å². The molecular formula is C19H22N2O5S. The maximum absolute atomic E-state index is 12.7. The molecule has 0 N–H and O–H groups in total. The molecule has 0 bridgehead atoms. The summed E-state index contributed by atoms with van der Waals surface area (Å²) >= 11 is 0. The molecule has 0 aromatic heterocycles. The van der Waals surface area contributed by atoms with Crippen LogP contribution in [0.2, 0.25) is 0 Å². The van der Waals surface area contributed by atoms with Gasteiger partial charge in [0.1, 0.15) is 12.4 Å². The minimum atomic E-state index is -3.52. The van der Waals surface area contributed by atoms with Crippen LogP contribution >= 0.6 is 0 Å². The first-order valence-corrected chi connectivity index (χ1v) is 10.0. The minimum Gasteiger partial charge on any atom is -0.496 e. The van der Waals surface area contributed by atoms with Crippen molar-refractivity contribution in [3.8, 4) is 5.75 Å². The molecule has 7 nitrogen and oxygen atoms in total. The molecular weight excluding hydrogens is 368 g/mol. The maximum atomic E-state index is 12.7. The Morgan fingerprint density at radius 1 is 1.15 bits per heavy atom. The number of sulfonamides is 1. The highest BCUT2D eigenvalue weighted by Gasteiger charge is 2.26. The van der Waals surface area contributed by atoms with Gasteiger partial charge in [-0.15, -0.1) is 0 Å². The Kier molecular flexibility index (Phi) is 6.44. The van der Waals surface area contributed by atoms with Gasteiger partial charge in [-0.1, -0.05) is 29.4 Å². The van der Waals surface area contributed by atoms with Crippen LogP contribution in [0.3, 0.4) is 0 Å². The van der Waals surface area contributed by atoms with Crippen molar-refractivity contribution in [3.63, 3.8) is 0 Å². The third-order valence-corrected chi connectivity index (χ3v) is 6.04. The van der Waals surface area contributed by atoms with Crippen molar-refractivity contribution >= 4 is 16.2 Å². The zero-order valence-electron chi connectivity index (χ0n) is 15.1. The Bertz CT molecular complexity index is 892. The van der Waals surface area contributed by atoms with E-state index in [1.807, 2.05) is 24.3 Å². The van der Waals surface area contributed by atoms with Crippen LogP contribution in [0.15, 0.2) is 58.6 Å². The second kappa shape index (κ2) is 8.98. The van der Waals surface area contributed by atoms with E-state index in [-0.39, 0.29) is 11.5 Å². The second-order valence-electron chi connectivity index (χ2n) is 5.91. The Balaban J connectivity index is 1.65. The summed E-state index contributed by atoms with van der Waals surface area (Å²) in [6, 6.07) is 14.2. The van der Waals surface area contributed by atoms with E-state index in [4.69, 9.17) is 14.3 Å². The second-order valence-corrected chi connectivity index (χ2v) is 7.85. The summed E-state index contributed by atoms with van der Waals surface area (Å²) in [7, 11) is -1.93. The number of ether oxygens (including phenoxy) is 2. The number of benzene rings is 2. The monoisotopic (exact) mass is 390 g/mol. The van der Waals surface area contributed by atoms with Gasteiger partial charge in [0.15, 0.2) is 0 Å². The fourth-order valence-corrected chi connectivity index (χ4v) is 4.19. The van der Waals surface area contributed by atoms with Crippen LogP contribution in [0, 0.1) is 0 Å². The smallest absolute Gasteiger partial charge is 0.243 e. The van der Waals surface area contributed by atoms with Gasteiger partial charge in [0.2, 0.25) is 10.0 Å². The third-order valence-electron chi connectivity index (χ3n) is 4.14. The molecule has 0 aliphatic carbocycles. The molecule has 0 saturated carbocycles. The number of methoxy groups -OCH3 is 1. The Labute approximate surface area is 159 Å². The lowest BCUT2D eigenvalue weighted by molar-refractivity contribution is 0.0730. The normalized spacial score (nSPS) is 15.7.